The largest absolute Gasteiger partial charge is 0.488 e. The molecule has 0 aliphatic carbocycles. The van der Waals surface area contributed by atoms with Gasteiger partial charge in [0.15, 0.2) is 0 Å². The highest BCUT2D eigenvalue weighted by Crippen LogP contribution is 2.24. The summed E-state index contributed by atoms with van der Waals surface area (Å²) in [7, 11) is 1.29. The van der Waals surface area contributed by atoms with E-state index in [1.807, 2.05) is 48.5 Å². The molecule has 2 aromatic carbocycles. The standard InChI is InChI=1S/C20H23IN2O4/c1-13(22)19(24)23-17(20(25)26-2)11-15-8-9-18(16(21)10-15)27-12-14-6-4-3-5-7-14/h3-10,13,17H,11-12,22H2,1-2H3,(H,23,24)/t13-,17-/m0/s1. The Balaban J connectivity index is 2.05. The summed E-state index contributed by atoms with van der Waals surface area (Å²) in [6.07, 6.45) is 0.306. The van der Waals surface area contributed by atoms with Crippen LogP contribution in [-0.2, 0) is 27.4 Å². The van der Waals surface area contributed by atoms with Gasteiger partial charge in [-0.15, -0.1) is 0 Å². The maximum absolute atomic E-state index is 12.0. The molecule has 0 spiro atoms. The molecule has 7 heteroatoms. The number of benzene rings is 2. The number of amides is 1. The minimum atomic E-state index is -0.791. The fourth-order valence-corrected chi connectivity index (χ4v) is 3.13. The highest BCUT2D eigenvalue weighted by atomic mass is 127. The molecule has 27 heavy (non-hydrogen) atoms. The van der Waals surface area contributed by atoms with Crippen molar-refractivity contribution in [2.45, 2.75) is 32.0 Å². The molecule has 2 rings (SSSR count). The van der Waals surface area contributed by atoms with Crippen LogP contribution < -0.4 is 15.8 Å². The van der Waals surface area contributed by atoms with E-state index in [0.717, 1.165) is 20.4 Å². The minimum Gasteiger partial charge on any atom is -0.488 e. The molecule has 0 unspecified atom stereocenters. The Bertz CT molecular complexity index is 781. The number of halogens is 1. The van der Waals surface area contributed by atoms with Crippen molar-refractivity contribution in [3.05, 3.63) is 63.2 Å². The molecule has 0 radical (unpaired) electrons. The summed E-state index contributed by atoms with van der Waals surface area (Å²) in [5.74, 6) is -0.149. The van der Waals surface area contributed by atoms with Crippen LogP contribution in [0.5, 0.6) is 5.75 Å². The number of esters is 1. The fourth-order valence-electron chi connectivity index (χ4n) is 2.40. The van der Waals surface area contributed by atoms with Gasteiger partial charge in [0.25, 0.3) is 0 Å². The van der Waals surface area contributed by atoms with Crippen LogP contribution in [0.25, 0.3) is 0 Å². The molecule has 0 bridgehead atoms. The number of nitrogens with two attached hydrogens (primary N) is 1. The second-order valence-corrected chi connectivity index (χ2v) is 7.28. The quantitative estimate of drug-likeness (QED) is 0.446. The Kier molecular flexibility index (Phi) is 8.05. The smallest absolute Gasteiger partial charge is 0.328 e. The summed E-state index contributed by atoms with van der Waals surface area (Å²) in [6.45, 7) is 2.04. The first-order chi connectivity index (χ1) is 12.9. The average molecular weight is 482 g/mol. The molecule has 0 saturated heterocycles. The highest BCUT2D eigenvalue weighted by molar-refractivity contribution is 14.1. The third kappa shape index (κ3) is 6.51. The zero-order valence-electron chi connectivity index (χ0n) is 15.3. The summed E-state index contributed by atoms with van der Waals surface area (Å²) in [5, 5.41) is 2.62. The van der Waals surface area contributed by atoms with E-state index in [4.69, 9.17) is 15.2 Å². The maximum Gasteiger partial charge on any atom is 0.328 e. The first kappa shape index (κ1) is 21.2. The van der Waals surface area contributed by atoms with E-state index in [9.17, 15) is 9.59 Å². The molecular formula is C20H23IN2O4. The SMILES string of the molecule is COC(=O)[C@H](Cc1ccc(OCc2ccccc2)c(I)c1)NC(=O)[C@H](C)N. The molecule has 144 valence electrons. The first-order valence-electron chi connectivity index (χ1n) is 8.49. The number of rotatable bonds is 8. The predicted octanol–water partition coefficient (Wildman–Crippen LogP) is 2.42. The van der Waals surface area contributed by atoms with Crippen LogP contribution in [0.2, 0.25) is 0 Å². The lowest BCUT2D eigenvalue weighted by atomic mass is 10.1. The third-order valence-corrected chi connectivity index (χ3v) is 4.73. The normalized spacial score (nSPS) is 12.7. The second kappa shape index (κ2) is 10.3. The topological polar surface area (TPSA) is 90.6 Å². The Labute approximate surface area is 172 Å². The predicted molar refractivity (Wildman–Crippen MR) is 111 cm³/mol. The maximum atomic E-state index is 12.0. The molecule has 0 heterocycles. The summed E-state index contributed by atoms with van der Waals surface area (Å²) >= 11 is 2.19. The monoisotopic (exact) mass is 482 g/mol. The number of hydrogen-bond acceptors (Lipinski definition) is 5. The van der Waals surface area contributed by atoms with Crippen molar-refractivity contribution in [3.63, 3.8) is 0 Å². The van der Waals surface area contributed by atoms with E-state index in [0.29, 0.717) is 13.0 Å². The van der Waals surface area contributed by atoms with E-state index in [2.05, 4.69) is 27.9 Å². The lowest BCUT2D eigenvalue weighted by Crippen LogP contribution is -2.48. The third-order valence-electron chi connectivity index (χ3n) is 3.89. The summed E-state index contributed by atoms with van der Waals surface area (Å²) < 4.78 is 11.6. The van der Waals surface area contributed by atoms with Crippen LogP contribution in [0.4, 0.5) is 0 Å². The molecule has 0 aliphatic rings. The Hall–Kier alpha value is -2.13. The van der Waals surface area contributed by atoms with Gasteiger partial charge in [-0.3, -0.25) is 4.79 Å². The number of carbonyl (C=O) groups is 2. The van der Waals surface area contributed by atoms with Gasteiger partial charge in [-0.1, -0.05) is 36.4 Å². The molecule has 0 aromatic heterocycles. The van der Waals surface area contributed by atoms with E-state index < -0.39 is 24.0 Å². The number of methoxy groups -OCH3 is 1. The Morgan fingerprint density at radius 2 is 1.85 bits per heavy atom. The zero-order chi connectivity index (χ0) is 19.8. The molecule has 1 amide bonds. The first-order valence-corrected chi connectivity index (χ1v) is 9.57. The summed E-state index contributed by atoms with van der Waals surface area (Å²) in [4.78, 5) is 23.8. The molecule has 0 aliphatic heterocycles. The fraction of sp³-hybridized carbons (Fsp3) is 0.300. The number of ether oxygens (including phenoxy) is 2. The van der Waals surface area contributed by atoms with Gasteiger partial charge in [-0.05, 0) is 52.8 Å². The van der Waals surface area contributed by atoms with Gasteiger partial charge in [-0.2, -0.15) is 0 Å². The van der Waals surface area contributed by atoms with Crippen molar-refractivity contribution in [3.8, 4) is 5.75 Å². The van der Waals surface area contributed by atoms with Gasteiger partial charge < -0.3 is 20.5 Å². The van der Waals surface area contributed by atoms with Crippen LogP contribution in [0.15, 0.2) is 48.5 Å². The van der Waals surface area contributed by atoms with Gasteiger partial charge in [0.1, 0.15) is 18.4 Å². The van der Waals surface area contributed by atoms with Crippen LogP contribution in [-0.4, -0.2) is 31.1 Å². The molecule has 2 atom stereocenters. The van der Waals surface area contributed by atoms with Crippen molar-refractivity contribution in [2.24, 2.45) is 5.73 Å². The number of nitrogens with one attached hydrogen (secondary N) is 1. The van der Waals surface area contributed by atoms with Crippen LogP contribution >= 0.6 is 22.6 Å². The zero-order valence-corrected chi connectivity index (χ0v) is 17.4. The van der Waals surface area contributed by atoms with Crippen molar-refractivity contribution in [2.75, 3.05) is 7.11 Å². The van der Waals surface area contributed by atoms with Crippen LogP contribution in [0.1, 0.15) is 18.1 Å². The minimum absolute atomic E-state index is 0.306. The van der Waals surface area contributed by atoms with E-state index in [-0.39, 0.29) is 0 Å². The van der Waals surface area contributed by atoms with Gasteiger partial charge >= 0.3 is 5.97 Å². The van der Waals surface area contributed by atoms with E-state index in [1.165, 1.54) is 7.11 Å². The second-order valence-electron chi connectivity index (χ2n) is 6.12. The molecule has 2 aromatic rings. The molecule has 0 saturated carbocycles. The van der Waals surface area contributed by atoms with Crippen molar-refractivity contribution < 1.29 is 19.1 Å². The number of hydrogen-bond donors (Lipinski definition) is 2. The van der Waals surface area contributed by atoms with Gasteiger partial charge in [-0.25, -0.2) is 4.79 Å². The van der Waals surface area contributed by atoms with Crippen molar-refractivity contribution in [1.82, 2.24) is 5.32 Å². The Morgan fingerprint density at radius 3 is 2.44 bits per heavy atom. The Morgan fingerprint density at radius 1 is 1.15 bits per heavy atom. The lowest BCUT2D eigenvalue weighted by molar-refractivity contribution is -0.145. The summed E-state index contributed by atoms with van der Waals surface area (Å²) in [5.41, 5.74) is 7.53. The number of carbonyl (C=O) groups excluding carboxylic acids is 2. The lowest BCUT2D eigenvalue weighted by Gasteiger charge is -2.18. The van der Waals surface area contributed by atoms with Gasteiger partial charge in [0.05, 0.1) is 16.7 Å². The van der Waals surface area contributed by atoms with Crippen molar-refractivity contribution in [1.29, 1.82) is 0 Å². The van der Waals surface area contributed by atoms with Crippen molar-refractivity contribution >= 4 is 34.5 Å². The molecular weight excluding hydrogens is 459 g/mol. The van der Waals surface area contributed by atoms with Crippen LogP contribution in [0, 0.1) is 3.57 Å². The molecule has 3 N–H and O–H groups in total. The molecule has 6 nitrogen and oxygen atoms in total. The van der Waals surface area contributed by atoms with Gasteiger partial charge in [0, 0.05) is 6.42 Å². The van der Waals surface area contributed by atoms with Gasteiger partial charge in [0.2, 0.25) is 5.91 Å². The molecule has 0 fully saturated rings. The summed E-state index contributed by atoms with van der Waals surface area (Å²) in [6, 6.07) is 14.1. The average Bonchev–Trinajstić information content (AvgIpc) is 2.66. The highest BCUT2D eigenvalue weighted by Gasteiger charge is 2.23. The van der Waals surface area contributed by atoms with E-state index in [1.54, 1.807) is 6.92 Å². The van der Waals surface area contributed by atoms with Crippen LogP contribution in [0.3, 0.4) is 0 Å². The van der Waals surface area contributed by atoms with E-state index >= 15 is 0 Å².